The van der Waals surface area contributed by atoms with Gasteiger partial charge in [-0.15, -0.1) is 0 Å². The number of benzene rings is 1. The number of nitrogens with one attached hydrogen (secondary N) is 1. The third-order valence-corrected chi connectivity index (χ3v) is 3.65. The van der Waals surface area contributed by atoms with Crippen molar-refractivity contribution in [3.05, 3.63) is 27.1 Å². The summed E-state index contributed by atoms with van der Waals surface area (Å²) in [5, 5.41) is 3.31. The first-order valence-electron chi connectivity index (χ1n) is 5.40. The highest BCUT2D eigenvalue weighted by molar-refractivity contribution is 9.11. The Morgan fingerprint density at radius 3 is 2.41 bits per heavy atom. The molecule has 0 unspecified atom stereocenters. The van der Waals surface area contributed by atoms with Gasteiger partial charge < -0.3 is 10.2 Å². The van der Waals surface area contributed by atoms with Gasteiger partial charge in [0, 0.05) is 36.0 Å². The van der Waals surface area contributed by atoms with Crippen molar-refractivity contribution in [3.8, 4) is 0 Å². The molecule has 1 aromatic rings. The van der Waals surface area contributed by atoms with E-state index in [4.69, 9.17) is 0 Å². The fourth-order valence-electron chi connectivity index (χ4n) is 1.34. The van der Waals surface area contributed by atoms with Gasteiger partial charge in [-0.1, -0.05) is 6.07 Å². The van der Waals surface area contributed by atoms with Gasteiger partial charge in [0.25, 0.3) is 0 Å². The van der Waals surface area contributed by atoms with Crippen LogP contribution in [0.2, 0.25) is 0 Å². The van der Waals surface area contributed by atoms with Crippen molar-refractivity contribution < 1.29 is 4.79 Å². The van der Waals surface area contributed by atoms with E-state index >= 15 is 0 Å². The SMILES string of the molecule is CN(C)C(=O)CCCNc1c(Br)cccc1Br. The van der Waals surface area contributed by atoms with Gasteiger partial charge in [0.1, 0.15) is 0 Å². The van der Waals surface area contributed by atoms with Gasteiger partial charge in [-0.25, -0.2) is 0 Å². The highest BCUT2D eigenvalue weighted by Gasteiger charge is 2.05. The van der Waals surface area contributed by atoms with Crippen molar-refractivity contribution in [2.75, 3.05) is 26.0 Å². The fourth-order valence-corrected chi connectivity index (χ4v) is 2.62. The van der Waals surface area contributed by atoms with Crippen LogP contribution in [-0.2, 0) is 4.79 Å². The zero-order valence-electron chi connectivity index (χ0n) is 9.96. The van der Waals surface area contributed by atoms with Crippen LogP contribution in [0, 0.1) is 0 Å². The van der Waals surface area contributed by atoms with Crippen LogP contribution in [-0.4, -0.2) is 31.4 Å². The molecule has 0 aliphatic carbocycles. The second-order valence-corrected chi connectivity index (χ2v) is 5.62. The molecule has 5 heteroatoms. The summed E-state index contributed by atoms with van der Waals surface area (Å²) in [5.41, 5.74) is 1.03. The van der Waals surface area contributed by atoms with Gasteiger partial charge >= 0.3 is 0 Å². The van der Waals surface area contributed by atoms with Crippen LogP contribution in [0.3, 0.4) is 0 Å². The third kappa shape index (κ3) is 4.68. The van der Waals surface area contributed by atoms with Gasteiger partial charge in [0.05, 0.1) is 5.69 Å². The quantitative estimate of drug-likeness (QED) is 0.812. The predicted molar refractivity (Wildman–Crippen MR) is 78.3 cm³/mol. The minimum Gasteiger partial charge on any atom is -0.383 e. The van der Waals surface area contributed by atoms with Crippen LogP contribution >= 0.6 is 31.9 Å². The normalized spacial score (nSPS) is 10.1. The Morgan fingerprint density at radius 1 is 1.29 bits per heavy atom. The second kappa shape index (κ2) is 7.01. The molecule has 0 saturated carbocycles. The maximum atomic E-state index is 11.4. The number of hydrogen-bond donors (Lipinski definition) is 1. The first kappa shape index (κ1) is 14.5. The number of hydrogen-bond acceptors (Lipinski definition) is 2. The molecule has 1 aromatic carbocycles. The smallest absolute Gasteiger partial charge is 0.222 e. The van der Waals surface area contributed by atoms with E-state index in [-0.39, 0.29) is 5.91 Å². The lowest BCUT2D eigenvalue weighted by atomic mass is 10.2. The zero-order chi connectivity index (χ0) is 12.8. The summed E-state index contributed by atoms with van der Waals surface area (Å²) in [4.78, 5) is 13.0. The summed E-state index contributed by atoms with van der Waals surface area (Å²) >= 11 is 6.97. The van der Waals surface area contributed by atoms with Crippen molar-refractivity contribution in [1.29, 1.82) is 0 Å². The summed E-state index contributed by atoms with van der Waals surface area (Å²) in [6, 6.07) is 5.94. The average Bonchev–Trinajstić information content (AvgIpc) is 2.27. The highest BCUT2D eigenvalue weighted by Crippen LogP contribution is 2.30. The number of anilines is 1. The van der Waals surface area contributed by atoms with E-state index in [0.29, 0.717) is 6.42 Å². The van der Waals surface area contributed by atoms with Crippen LogP contribution in [0.25, 0.3) is 0 Å². The van der Waals surface area contributed by atoms with E-state index in [1.54, 1.807) is 19.0 Å². The molecule has 94 valence electrons. The molecular weight excluding hydrogens is 348 g/mol. The molecule has 1 N–H and O–H groups in total. The predicted octanol–water partition coefficient (Wildman–Crippen LogP) is 3.49. The Hall–Kier alpha value is -0.550. The molecule has 0 aromatic heterocycles. The van der Waals surface area contributed by atoms with Crippen molar-refractivity contribution in [3.63, 3.8) is 0 Å². The highest BCUT2D eigenvalue weighted by atomic mass is 79.9. The minimum atomic E-state index is 0.165. The molecule has 0 bridgehead atoms. The molecule has 0 aliphatic rings. The number of halogens is 2. The molecule has 1 amide bonds. The average molecular weight is 364 g/mol. The Morgan fingerprint density at radius 2 is 1.88 bits per heavy atom. The van der Waals surface area contributed by atoms with Crippen LogP contribution in [0.1, 0.15) is 12.8 Å². The topological polar surface area (TPSA) is 32.3 Å². The molecule has 17 heavy (non-hydrogen) atoms. The Balaban J connectivity index is 2.39. The van der Waals surface area contributed by atoms with Gasteiger partial charge in [-0.05, 0) is 50.4 Å². The van der Waals surface area contributed by atoms with Gasteiger partial charge in [0.2, 0.25) is 5.91 Å². The second-order valence-electron chi connectivity index (χ2n) is 3.92. The summed E-state index contributed by atoms with van der Waals surface area (Å²) in [6.45, 7) is 0.779. The Bertz CT molecular complexity index is 374. The van der Waals surface area contributed by atoms with Crippen LogP contribution < -0.4 is 5.32 Å². The molecule has 0 atom stereocenters. The number of nitrogens with zero attached hydrogens (tertiary/aromatic N) is 1. The molecule has 0 spiro atoms. The van der Waals surface area contributed by atoms with Crippen molar-refractivity contribution in [2.24, 2.45) is 0 Å². The van der Waals surface area contributed by atoms with Crippen LogP contribution in [0.4, 0.5) is 5.69 Å². The molecule has 0 aliphatic heterocycles. The standard InChI is InChI=1S/C12H16Br2N2O/c1-16(2)11(17)7-4-8-15-12-9(13)5-3-6-10(12)14/h3,5-6,15H,4,7-8H2,1-2H3. The largest absolute Gasteiger partial charge is 0.383 e. The van der Waals surface area contributed by atoms with E-state index < -0.39 is 0 Å². The van der Waals surface area contributed by atoms with Crippen molar-refractivity contribution in [1.82, 2.24) is 4.90 Å². The minimum absolute atomic E-state index is 0.165. The molecule has 0 radical (unpaired) electrons. The van der Waals surface area contributed by atoms with E-state index in [1.165, 1.54) is 0 Å². The van der Waals surface area contributed by atoms with Crippen molar-refractivity contribution >= 4 is 43.5 Å². The number of para-hydroxylation sites is 1. The first-order chi connectivity index (χ1) is 8.02. The number of rotatable bonds is 5. The van der Waals surface area contributed by atoms with Gasteiger partial charge in [-0.3, -0.25) is 4.79 Å². The molecular formula is C12H16Br2N2O. The summed E-state index contributed by atoms with van der Waals surface area (Å²) in [7, 11) is 3.56. The molecule has 1 rings (SSSR count). The molecule has 3 nitrogen and oxygen atoms in total. The molecule has 0 fully saturated rings. The lowest BCUT2D eigenvalue weighted by molar-refractivity contribution is -0.128. The monoisotopic (exact) mass is 362 g/mol. The lowest BCUT2D eigenvalue weighted by Gasteiger charge is -2.12. The lowest BCUT2D eigenvalue weighted by Crippen LogP contribution is -2.22. The third-order valence-electron chi connectivity index (χ3n) is 2.33. The maximum Gasteiger partial charge on any atom is 0.222 e. The van der Waals surface area contributed by atoms with Gasteiger partial charge in [-0.2, -0.15) is 0 Å². The number of carbonyl (C=O) groups excluding carboxylic acids is 1. The van der Waals surface area contributed by atoms with E-state index in [9.17, 15) is 4.79 Å². The summed E-state index contributed by atoms with van der Waals surface area (Å²) < 4.78 is 2.04. The van der Waals surface area contributed by atoms with E-state index in [2.05, 4.69) is 37.2 Å². The van der Waals surface area contributed by atoms with E-state index in [1.807, 2.05) is 18.2 Å². The number of carbonyl (C=O) groups is 1. The first-order valence-corrected chi connectivity index (χ1v) is 6.99. The summed E-state index contributed by atoms with van der Waals surface area (Å²) in [5.74, 6) is 0.165. The number of amides is 1. The molecule has 0 heterocycles. The fraction of sp³-hybridized carbons (Fsp3) is 0.417. The van der Waals surface area contributed by atoms with Crippen LogP contribution in [0.15, 0.2) is 27.1 Å². The Kier molecular flexibility index (Phi) is 5.98. The zero-order valence-corrected chi connectivity index (χ0v) is 13.1. The molecule has 0 saturated heterocycles. The van der Waals surface area contributed by atoms with Crippen molar-refractivity contribution in [2.45, 2.75) is 12.8 Å². The maximum absolute atomic E-state index is 11.4. The van der Waals surface area contributed by atoms with Crippen LogP contribution in [0.5, 0.6) is 0 Å². The van der Waals surface area contributed by atoms with E-state index in [0.717, 1.165) is 27.6 Å². The van der Waals surface area contributed by atoms with Gasteiger partial charge in [0.15, 0.2) is 0 Å². The Labute approximate surface area is 119 Å². The summed E-state index contributed by atoms with van der Waals surface area (Å²) in [6.07, 6.45) is 1.40.